The number of benzene rings is 1. The van der Waals surface area contributed by atoms with Gasteiger partial charge in [-0.25, -0.2) is 9.79 Å². The number of carbonyl (C=O) groups excluding carboxylic acids is 3. The summed E-state index contributed by atoms with van der Waals surface area (Å²) in [5.74, 6) is 0.568. The molecule has 2 fully saturated rings. The van der Waals surface area contributed by atoms with Crippen LogP contribution in [0.1, 0.15) is 6.92 Å². The topological polar surface area (TPSA) is 107 Å². The predicted molar refractivity (Wildman–Crippen MR) is 121 cm³/mol. The first-order chi connectivity index (χ1) is 15.9. The van der Waals surface area contributed by atoms with Crippen LogP contribution in [0.2, 0.25) is 0 Å². The van der Waals surface area contributed by atoms with Gasteiger partial charge in [0.1, 0.15) is 18.1 Å². The molecule has 0 radical (unpaired) electrons. The van der Waals surface area contributed by atoms with Crippen LogP contribution in [0.3, 0.4) is 0 Å². The largest absolute Gasteiger partial charge is 0.497 e. The van der Waals surface area contributed by atoms with Crippen LogP contribution in [0.25, 0.3) is 0 Å². The Morgan fingerprint density at radius 3 is 2.48 bits per heavy atom. The number of amidine groups is 1. The van der Waals surface area contributed by atoms with Gasteiger partial charge in [0.15, 0.2) is 12.2 Å². The maximum Gasteiger partial charge on any atom is 0.325 e. The van der Waals surface area contributed by atoms with Gasteiger partial charge in [0.25, 0.3) is 5.91 Å². The van der Waals surface area contributed by atoms with E-state index in [2.05, 4.69) is 20.1 Å². The Bertz CT molecular complexity index is 928. The fraction of sp³-hybridized carbons (Fsp3) is 0.545. The van der Waals surface area contributed by atoms with Gasteiger partial charge in [0.05, 0.1) is 20.3 Å². The SMILES string of the molecule is CCOC(=O)CN1C(CN2CCN(c3ccc(OC)cc3)CC2)=NC2C1C(=O)NC(=O)N2C. The van der Waals surface area contributed by atoms with E-state index < -0.39 is 30.1 Å². The summed E-state index contributed by atoms with van der Waals surface area (Å²) in [4.78, 5) is 49.3. The molecule has 3 heterocycles. The van der Waals surface area contributed by atoms with E-state index in [4.69, 9.17) is 9.47 Å². The van der Waals surface area contributed by atoms with Crippen molar-refractivity contribution in [2.24, 2.45) is 4.99 Å². The molecule has 11 nitrogen and oxygen atoms in total. The van der Waals surface area contributed by atoms with E-state index in [-0.39, 0.29) is 13.2 Å². The molecule has 1 N–H and O–H groups in total. The van der Waals surface area contributed by atoms with Crippen LogP contribution >= 0.6 is 0 Å². The van der Waals surface area contributed by atoms with Gasteiger partial charge in [0.2, 0.25) is 0 Å². The molecule has 0 saturated carbocycles. The third kappa shape index (κ3) is 4.72. The Hall–Kier alpha value is -3.34. The van der Waals surface area contributed by atoms with Crippen molar-refractivity contribution in [3.05, 3.63) is 24.3 Å². The number of hydrogen-bond acceptors (Lipinski definition) is 9. The van der Waals surface area contributed by atoms with Gasteiger partial charge < -0.3 is 24.2 Å². The number of nitrogens with zero attached hydrogens (tertiary/aromatic N) is 5. The van der Waals surface area contributed by atoms with Crippen LogP contribution in [0.5, 0.6) is 5.75 Å². The zero-order chi connectivity index (χ0) is 23.5. The molecule has 3 aliphatic heterocycles. The van der Waals surface area contributed by atoms with Gasteiger partial charge in [0, 0.05) is 38.9 Å². The van der Waals surface area contributed by atoms with E-state index in [9.17, 15) is 14.4 Å². The first-order valence-electron chi connectivity index (χ1n) is 11.1. The van der Waals surface area contributed by atoms with Gasteiger partial charge in [-0.1, -0.05) is 0 Å². The van der Waals surface area contributed by atoms with Crippen molar-refractivity contribution in [3.63, 3.8) is 0 Å². The second kappa shape index (κ2) is 9.65. The fourth-order valence-electron chi connectivity index (χ4n) is 4.41. The average Bonchev–Trinajstić information content (AvgIpc) is 3.16. The number of nitrogens with one attached hydrogen (secondary N) is 1. The summed E-state index contributed by atoms with van der Waals surface area (Å²) in [6.45, 7) is 5.66. The van der Waals surface area contributed by atoms with Crippen LogP contribution in [0.15, 0.2) is 29.3 Å². The van der Waals surface area contributed by atoms with Crippen molar-refractivity contribution in [1.29, 1.82) is 0 Å². The van der Waals surface area contributed by atoms with Gasteiger partial charge >= 0.3 is 12.0 Å². The molecule has 0 spiro atoms. The molecule has 0 bridgehead atoms. The summed E-state index contributed by atoms with van der Waals surface area (Å²) >= 11 is 0. The van der Waals surface area contributed by atoms with Crippen LogP contribution < -0.4 is 15.0 Å². The quantitative estimate of drug-likeness (QED) is 0.568. The molecule has 4 rings (SSSR count). The Balaban J connectivity index is 1.44. The van der Waals surface area contributed by atoms with Gasteiger partial charge in [-0.15, -0.1) is 0 Å². The van der Waals surface area contributed by atoms with Crippen molar-refractivity contribution in [1.82, 2.24) is 20.0 Å². The lowest BCUT2D eigenvalue weighted by molar-refractivity contribution is -0.144. The van der Waals surface area contributed by atoms with E-state index in [0.717, 1.165) is 37.6 Å². The van der Waals surface area contributed by atoms with E-state index in [0.29, 0.717) is 12.4 Å². The first kappa shape index (κ1) is 22.8. The maximum atomic E-state index is 12.6. The molecule has 3 amide bonds. The summed E-state index contributed by atoms with van der Waals surface area (Å²) in [5, 5.41) is 2.34. The van der Waals surface area contributed by atoms with Gasteiger partial charge in [-0.2, -0.15) is 0 Å². The highest BCUT2D eigenvalue weighted by Crippen LogP contribution is 2.25. The molecule has 2 saturated heterocycles. The summed E-state index contributed by atoms with van der Waals surface area (Å²) < 4.78 is 10.3. The zero-order valence-electron chi connectivity index (χ0n) is 19.2. The number of likely N-dealkylation sites (N-methyl/N-ethyl adjacent to an activating group) is 1. The molecule has 0 aromatic heterocycles. The number of amides is 3. The average molecular weight is 459 g/mol. The minimum Gasteiger partial charge on any atom is -0.497 e. The molecular weight excluding hydrogens is 428 g/mol. The number of anilines is 1. The van der Waals surface area contributed by atoms with Gasteiger partial charge in [-0.3, -0.25) is 19.8 Å². The third-order valence-electron chi connectivity index (χ3n) is 6.23. The number of imide groups is 1. The third-order valence-corrected chi connectivity index (χ3v) is 6.23. The normalized spacial score (nSPS) is 23.2. The molecule has 1 aromatic carbocycles. The standard InChI is InChI=1S/C22H30N6O5/c1-4-33-18(29)14-28-17(23-20-19(28)21(30)24-22(31)25(20)2)13-26-9-11-27(12-10-26)15-5-7-16(32-3)8-6-15/h5-8,19-20H,4,9-14H2,1-3H3,(H,24,30,31). The van der Waals surface area contributed by atoms with Crippen molar-refractivity contribution in [2.75, 3.05) is 64.9 Å². The number of ether oxygens (including phenoxy) is 2. The van der Waals surface area contributed by atoms with Crippen molar-refractivity contribution in [2.45, 2.75) is 19.1 Å². The first-order valence-corrected chi connectivity index (χ1v) is 11.1. The lowest BCUT2D eigenvalue weighted by Crippen LogP contribution is -2.64. The summed E-state index contributed by atoms with van der Waals surface area (Å²) in [7, 11) is 3.25. The molecule has 1 aromatic rings. The fourth-order valence-corrected chi connectivity index (χ4v) is 4.41. The van der Waals surface area contributed by atoms with Gasteiger partial charge in [-0.05, 0) is 31.2 Å². The molecule has 178 valence electrons. The van der Waals surface area contributed by atoms with Crippen molar-refractivity contribution >= 4 is 29.4 Å². The highest BCUT2D eigenvalue weighted by Gasteiger charge is 2.49. The highest BCUT2D eigenvalue weighted by molar-refractivity contribution is 6.05. The number of esters is 1. The lowest BCUT2D eigenvalue weighted by Gasteiger charge is -2.38. The Kier molecular flexibility index (Phi) is 6.68. The number of urea groups is 1. The molecular formula is C22H30N6O5. The minimum absolute atomic E-state index is 0.0882. The second-order valence-electron chi connectivity index (χ2n) is 8.20. The smallest absolute Gasteiger partial charge is 0.325 e. The van der Waals surface area contributed by atoms with Crippen LogP contribution in [-0.4, -0.2) is 111 Å². The number of methoxy groups -OCH3 is 1. The maximum absolute atomic E-state index is 12.6. The Morgan fingerprint density at radius 2 is 1.85 bits per heavy atom. The summed E-state index contributed by atoms with van der Waals surface area (Å²) in [5.41, 5.74) is 1.14. The van der Waals surface area contributed by atoms with Crippen LogP contribution in [0, 0.1) is 0 Å². The predicted octanol–water partition coefficient (Wildman–Crippen LogP) is -0.0293. The molecule has 2 atom stereocenters. The van der Waals surface area contributed by atoms with Crippen LogP contribution in [0.4, 0.5) is 10.5 Å². The van der Waals surface area contributed by atoms with E-state index in [1.54, 1.807) is 26.0 Å². The molecule has 33 heavy (non-hydrogen) atoms. The van der Waals surface area contributed by atoms with E-state index in [1.165, 1.54) is 4.90 Å². The summed E-state index contributed by atoms with van der Waals surface area (Å²) in [6, 6.07) is 6.77. The van der Waals surface area contributed by atoms with E-state index in [1.807, 2.05) is 24.3 Å². The summed E-state index contributed by atoms with van der Waals surface area (Å²) in [6.07, 6.45) is -0.656. The minimum atomic E-state index is -0.743. The molecule has 2 unspecified atom stereocenters. The number of rotatable bonds is 7. The number of piperazine rings is 1. The Labute approximate surface area is 192 Å². The second-order valence-corrected chi connectivity index (χ2v) is 8.20. The molecule has 0 aliphatic carbocycles. The van der Waals surface area contributed by atoms with E-state index >= 15 is 0 Å². The zero-order valence-corrected chi connectivity index (χ0v) is 19.2. The Morgan fingerprint density at radius 1 is 1.15 bits per heavy atom. The monoisotopic (exact) mass is 458 g/mol. The van der Waals surface area contributed by atoms with Crippen molar-refractivity contribution < 1.29 is 23.9 Å². The number of carbonyl (C=O) groups is 3. The molecule has 3 aliphatic rings. The molecule has 11 heteroatoms. The highest BCUT2D eigenvalue weighted by atomic mass is 16.5. The lowest BCUT2D eigenvalue weighted by atomic mass is 10.1. The number of aliphatic imine (C=N–C) groups is 1. The van der Waals surface area contributed by atoms with Crippen LogP contribution in [-0.2, 0) is 14.3 Å². The number of fused-ring (bicyclic) bond motifs is 1. The number of hydrogen-bond donors (Lipinski definition) is 1. The van der Waals surface area contributed by atoms with Crippen molar-refractivity contribution in [3.8, 4) is 5.75 Å².